The smallest absolute Gasteiger partial charge is 0.254 e. The van der Waals surface area contributed by atoms with Gasteiger partial charge in [0.25, 0.3) is 5.91 Å². The Hall–Kier alpha value is -1.53. The predicted octanol–water partition coefficient (Wildman–Crippen LogP) is 1.52. The van der Waals surface area contributed by atoms with Gasteiger partial charge >= 0.3 is 0 Å². The maximum atomic E-state index is 13.5. The number of halogens is 1. The standard InChI is InChI=1S/C15H21FN2O3/c1-4-21-12-7-15(20,14(12,2)3)9-18-13(19)10-5-6-17-8-11(10)16/h5-6,8,12,20H,4,7,9H2,1-3H3,(H,18,19)/t12-,15-/m1/s1. The average Bonchev–Trinajstić information content (AvgIpc) is 2.45. The van der Waals surface area contributed by atoms with Gasteiger partial charge in [-0.1, -0.05) is 13.8 Å². The van der Waals surface area contributed by atoms with Crippen molar-refractivity contribution in [1.29, 1.82) is 0 Å². The summed E-state index contributed by atoms with van der Waals surface area (Å²) < 4.78 is 19.0. The van der Waals surface area contributed by atoms with Crippen LogP contribution in [0.15, 0.2) is 18.5 Å². The monoisotopic (exact) mass is 296 g/mol. The van der Waals surface area contributed by atoms with Gasteiger partial charge in [-0.05, 0) is 13.0 Å². The van der Waals surface area contributed by atoms with Crippen LogP contribution in [0.4, 0.5) is 4.39 Å². The molecule has 116 valence electrons. The number of aliphatic hydroxyl groups is 1. The van der Waals surface area contributed by atoms with Gasteiger partial charge in [-0.25, -0.2) is 4.39 Å². The molecule has 1 aliphatic carbocycles. The lowest BCUT2D eigenvalue weighted by atomic mass is 9.56. The lowest BCUT2D eigenvalue weighted by Gasteiger charge is -2.57. The fourth-order valence-electron chi connectivity index (χ4n) is 2.64. The van der Waals surface area contributed by atoms with Gasteiger partial charge in [0, 0.05) is 31.2 Å². The Bertz CT molecular complexity index is 535. The van der Waals surface area contributed by atoms with Crippen LogP contribution in [0.2, 0.25) is 0 Å². The summed E-state index contributed by atoms with van der Waals surface area (Å²) in [5.74, 6) is -1.24. The van der Waals surface area contributed by atoms with E-state index in [4.69, 9.17) is 4.74 Å². The van der Waals surface area contributed by atoms with Crippen LogP contribution >= 0.6 is 0 Å². The van der Waals surface area contributed by atoms with Gasteiger partial charge in [-0.2, -0.15) is 0 Å². The summed E-state index contributed by atoms with van der Waals surface area (Å²) in [6, 6.07) is 1.31. The normalized spacial score (nSPS) is 27.0. The number of hydrogen-bond donors (Lipinski definition) is 2. The summed E-state index contributed by atoms with van der Waals surface area (Å²) in [4.78, 5) is 15.5. The molecule has 1 fully saturated rings. The second-order valence-electron chi connectivity index (χ2n) is 5.94. The third kappa shape index (κ3) is 2.78. The molecule has 0 aromatic carbocycles. The largest absolute Gasteiger partial charge is 0.387 e. The molecule has 1 aliphatic rings. The number of ether oxygens (including phenoxy) is 1. The predicted molar refractivity (Wildman–Crippen MR) is 75.3 cm³/mol. The van der Waals surface area contributed by atoms with E-state index in [1.807, 2.05) is 20.8 Å². The number of nitrogens with one attached hydrogen (secondary N) is 1. The number of amides is 1. The average molecular weight is 296 g/mol. The highest BCUT2D eigenvalue weighted by atomic mass is 19.1. The van der Waals surface area contributed by atoms with Crippen LogP contribution < -0.4 is 5.32 Å². The fourth-order valence-corrected chi connectivity index (χ4v) is 2.64. The highest BCUT2D eigenvalue weighted by molar-refractivity contribution is 5.94. The molecule has 0 aliphatic heterocycles. The third-order valence-corrected chi connectivity index (χ3v) is 4.45. The van der Waals surface area contributed by atoms with Crippen LogP contribution in [0, 0.1) is 11.2 Å². The van der Waals surface area contributed by atoms with E-state index in [2.05, 4.69) is 10.3 Å². The minimum Gasteiger partial charge on any atom is -0.387 e. The van der Waals surface area contributed by atoms with Crippen LogP contribution in [0.5, 0.6) is 0 Å². The molecule has 2 N–H and O–H groups in total. The van der Waals surface area contributed by atoms with Crippen molar-refractivity contribution in [1.82, 2.24) is 10.3 Å². The number of rotatable bonds is 5. The lowest BCUT2D eigenvalue weighted by Crippen LogP contribution is -2.68. The van der Waals surface area contributed by atoms with Gasteiger partial charge in [-0.15, -0.1) is 0 Å². The van der Waals surface area contributed by atoms with E-state index in [1.165, 1.54) is 12.3 Å². The summed E-state index contributed by atoms with van der Waals surface area (Å²) in [6.45, 7) is 6.34. The molecule has 1 aromatic heterocycles. The van der Waals surface area contributed by atoms with Gasteiger partial charge in [0.2, 0.25) is 0 Å². The van der Waals surface area contributed by atoms with E-state index < -0.39 is 22.7 Å². The topological polar surface area (TPSA) is 71.5 Å². The van der Waals surface area contributed by atoms with Crippen molar-refractivity contribution < 1.29 is 19.0 Å². The SMILES string of the molecule is CCO[C@@H]1C[C@@](O)(CNC(=O)c2ccncc2F)C1(C)C. The van der Waals surface area contributed by atoms with Crippen LogP contribution in [-0.4, -0.2) is 40.9 Å². The number of nitrogens with zero attached hydrogens (tertiary/aromatic N) is 1. The molecule has 1 amide bonds. The van der Waals surface area contributed by atoms with E-state index in [0.29, 0.717) is 13.0 Å². The minimum atomic E-state index is -1.05. The second kappa shape index (κ2) is 5.69. The Balaban J connectivity index is 1.98. The highest BCUT2D eigenvalue weighted by Gasteiger charge is 2.59. The summed E-state index contributed by atoms with van der Waals surface area (Å²) in [5.41, 5.74) is -1.59. The van der Waals surface area contributed by atoms with E-state index in [0.717, 1.165) is 6.20 Å². The number of hydrogen-bond acceptors (Lipinski definition) is 4. The molecule has 0 saturated heterocycles. The lowest BCUT2D eigenvalue weighted by molar-refractivity contribution is -0.237. The van der Waals surface area contributed by atoms with Gasteiger partial charge in [0.1, 0.15) is 0 Å². The third-order valence-electron chi connectivity index (χ3n) is 4.45. The van der Waals surface area contributed by atoms with E-state index in [-0.39, 0.29) is 18.2 Å². The van der Waals surface area contributed by atoms with Crippen molar-refractivity contribution in [3.8, 4) is 0 Å². The Morgan fingerprint density at radius 1 is 1.62 bits per heavy atom. The van der Waals surface area contributed by atoms with Gasteiger partial charge in [0.05, 0.1) is 23.5 Å². The fraction of sp³-hybridized carbons (Fsp3) is 0.600. The van der Waals surface area contributed by atoms with Gasteiger partial charge in [0.15, 0.2) is 5.82 Å². The van der Waals surface area contributed by atoms with Crippen molar-refractivity contribution in [3.05, 3.63) is 29.8 Å². The van der Waals surface area contributed by atoms with Crippen molar-refractivity contribution in [2.24, 2.45) is 5.41 Å². The molecule has 0 radical (unpaired) electrons. The Morgan fingerprint density at radius 2 is 2.33 bits per heavy atom. The van der Waals surface area contributed by atoms with E-state index >= 15 is 0 Å². The first kappa shape index (κ1) is 15.9. The number of pyridine rings is 1. The van der Waals surface area contributed by atoms with Crippen LogP contribution in [0.25, 0.3) is 0 Å². The molecular formula is C15H21FN2O3. The molecule has 1 heterocycles. The number of carbonyl (C=O) groups is 1. The van der Waals surface area contributed by atoms with Crippen LogP contribution in [0.1, 0.15) is 37.6 Å². The molecule has 6 heteroatoms. The Kier molecular flexibility index (Phi) is 4.30. The molecular weight excluding hydrogens is 275 g/mol. The molecule has 1 aromatic rings. The quantitative estimate of drug-likeness (QED) is 0.864. The molecule has 2 rings (SSSR count). The molecule has 0 bridgehead atoms. The minimum absolute atomic E-state index is 0.0398. The summed E-state index contributed by atoms with van der Waals surface area (Å²) >= 11 is 0. The molecule has 0 spiro atoms. The zero-order valence-electron chi connectivity index (χ0n) is 12.5. The Morgan fingerprint density at radius 3 is 2.90 bits per heavy atom. The summed E-state index contributed by atoms with van der Waals surface area (Å²) in [5, 5.41) is 13.2. The number of aromatic nitrogens is 1. The van der Waals surface area contributed by atoms with E-state index in [1.54, 1.807) is 0 Å². The molecule has 2 atom stereocenters. The maximum absolute atomic E-state index is 13.5. The zero-order chi connectivity index (χ0) is 15.7. The first-order chi connectivity index (χ1) is 9.82. The molecule has 21 heavy (non-hydrogen) atoms. The van der Waals surface area contributed by atoms with Crippen molar-refractivity contribution in [2.75, 3.05) is 13.2 Å². The van der Waals surface area contributed by atoms with Crippen molar-refractivity contribution >= 4 is 5.91 Å². The summed E-state index contributed by atoms with van der Waals surface area (Å²) in [6.07, 6.45) is 2.75. The first-order valence-corrected chi connectivity index (χ1v) is 7.03. The maximum Gasteiger partial charge on any atom is 0.254 e. The van der Waals surface area contributed by atoms with Crippen LogP contribution in [0.3, 0.4) is 0 Å². The number of carbonyl (C=O) groups excluding carboxylic acids is 1. The summed E-state index contributed by atoms with van der Waals surface area (Å²) in [7, 11) is 0. The van der Waals surface area contributed by atoms with Crippen LogP contribution in [-0.2, 0) is 4.74 Å². The highest BCUT2D eigenvalue weighted by Crippen LogP contribution is 2.50. The second-order valence-corrected chi connectivity index (χ2v) is 5.94. The van der Waals surface area contributed by atoms with E-state index in [9.17, 15) is 14.3 Å². The Labute approximate surface area is 123 Å². The molecule has 5 nitrogen and oxygen atoms in total. The van der Waals surface area contributed by atoms with Crippen molar-refractivity contribution in [2.45, 2.75) is 38.9 Å². The zero-order valence-corrected chi connectivity index (χ0v) is 12.5. The molecule has 0 unspecified atom stereocenters. The van der Waals surface area contributed by atoms with Crippen molar-refractivity contribution in [3.63, 3.8) is 0 Å². The van der Waals surface area contributed by atoms with Gasteiger partial charge in [-0.3, -0.25) is 9.78 Å². The molecule has 1 saturated carbocycles. The van der Waals surface area contributed by atoms with Gasteiger partial charge < -0.3 is 15.2 Å². The first-order valence-electron chi connectivity index (χ1n) is 7.03.